The third-order valence-electron chi connectivity index (χ3n) is 5.21. The molecule has 1 aliphatic heterocycles. The smallest absolute Gasteiger partial charge is 0.274 e. The zero-order valence-corrected chi connectivity index (χ0v) is 16.6. The maximum atomic E-state index is 12.6. The van der Waals surface area contributed by atoms with Crippen molar-refractivity contribution in [3.63, 3.8) is 0 Å². The Morgan fingerprint density at radius 3 is 2.82 bits per heavy atom. The molecule has 0 fully saturated rings. The van der Waals surface area contributed by atoms with Crippen LogP contribution in [0.3, 0.4) is 0 Å². The number of hydrogen-bond donors (Lipinski definition) is 1. The lowest BCUT2D eigenvalue weighted by Crippen LogP contribution is -2.53. The number of amides is 2. The van der Waals surface area contributed by atoms with Crippen LogP contribution in [0.5, 0.6) is 0 Å². The molecule has 1 aromatic heterocycles. The van der Waals surface area contributed by atoms with Gasteiger partial charge in [0.25, 0.3) is 11.8 Å². The van der Waals surface area contributed by atoms with E-state index in [0.29, 0.717) is 26.4 Å². The van der Waals surface area contributed by atoms with Gasteiger partial charge in [-0.2, -0.15) is 0 Å². The highest BCUT2D eigenvalue weighted by atomic mass is 16.5. The normalized spacial score (nSPS) is 16.6. The van der Waals surface area contributed by atoms with E-state index in [2.05, 4.69) is 11.4 Å². The summed E-state index contributed by atoms with van der Waals surface area (Å²) in [6.07, 6.45) is 9.15. The molecule has 2 amide bonds. The van der Waals surface area contributed by atoms with Crippen molar-refractivity contribution in [2.75, 3.05) is 45.5 Å². The molecule has 0 unspecified atom stereocenters. The molecule has 2 aliphatic rings. The lowest BCUT2D eigenvalue weighted by Gasteiger charge is -2.37. The van der Waals surface area contributed by atoms with Gasteiger partial charge in [0.05, 0.1) is 6.61 Å². The maximum Gasteiger partial charge on any atom is 0.274 e. The van der Waals surface area contributed by atoms with Crippen molar-refractivity contribution in [3.8, 4) is 0 Å². The van der Waals surface area contributed by atoms with Crippen molar-refractivity contribution in [2.45, 2.75) is 32.1 Å². The van der Waals surface area contributed by atoms with E-state index in [4.69, 9.17) is 4.74 Å². The van der Waals surface area contributed by atoms with Crippen LogP contribution in [-0.4, -0.2) is 61.9 Å². The number of nitrogens with one attached hydrogen (secondary N) is 1. The molecule has 1 N–H and O–H groups in total. The fraction of sp³-hybridized carbons (Fsp3) is 0.550. The monoisotopic (exact) mass is 388 g/mol. The molecule has 28 heavy (non-hydrogen) atoms. The van der Waals surface area contributed by atoms with Crippen LogP contribution in [0.25, 0.3) is 0 Å². The summed E-state index contributed by atoms with van der Waals surface area (Å²) in [5, 5.41) is 4.62. The van der Waals surface area contributed by atoms with Crippen molar-refractivity contribution >= 4 is 11.8 Å². The number of fused-ring (bicyclic) bond motifs is 1. The first-order valence-corrected chi connectivity index (χ1v) is 9.73. The van der Waals surface area contributed by atoms with Gasteiger partial charge in [0.2, 0.25) is 0 Å². The molecule has 1 aliphatic carbocycles. The largest absolute Gasteiger partial charge is 0.383 e. The first-order chi connectivity index (χ1) is 13.5. The van der Waals surface area contributed by atoms with E-state index < -0.39 is 11.3 Å². The van der Waals surface area contributed by atoms with Gasteiger partial charge in [0.15, 0.2) is 5.43 Å². The molecular weight excluding hydrogens is 360 g/mol. The molecule has 8 nitrogen and oxygen atoms in total. The van der Waals surface area contributed by atoms with Crippen molar-refractivity contribution in [1.82, 2.24) is 14.9 Å². The summed E-state index contributed by atoms with van der Waals surface area (Å²) in [6.45, 7) is 1.71. The molecular formula is C20H28N4O4. The number of methoxy groups -OCH3 is 1. The number of nitrogens with zero attached hydrogens (tertiary/aromatic N) is 3. The summed E-state index contributed by atoms with van der Waals surface area (Å²) < 4.78 is 6.61. The number of carbonyl (C=O) groups is 2. The van der Waals surface area contributed by atoms with Crippen molar-refractivity contribution in [3.05, 3.63) is 45.4 Å². The Bertz CT molecular complexity index is 830. The highest BCUT2D eigenvalue weighted by molar-refractivity contribution is 5.97. The summed E-state index contributed by atoms with van der Waals surface area (Å²) in [5.74, 6) is -0.650. The van der Waals surface area contributed by atoms with Crippen molar-refractivity contribution in [2.24, 2.45) is 0 Å². The van der Waals surface area contributed by atoms with Crippen LogP contribution in [0.2, 0.25) is 0 Å². The minimum absolute atomic E-state index is 0.0476. The molecule has 3 rings (SSSR count). The zero-order chi connectivity index (χ0) is 20.1. The fourth-order valence-corrected chi connectivity index (χ4v) is 3.61. The summed E-state index contributed by atoms with van der Waals surface area (Å²) in [7, 11) is 3.38. The van der Waals surface area contributed by atoms with Gasteiger partial charge in [-0.1, -0.05) is 11.6 Å². The van der Waals surface area contributed by atoms with Gasteiger partial charge in [0, 0.05) is 39.5 Å². The van der Waals surface area contributed by atoms with Gasteiger partial charge in [-0.3, -0.25) is 24.1 Å². The number of allylic oxidation sites excluding steroid dienone is 1. The highest BCUT2D eigenvalue weighted by Crippen LogP contribution is 2.19. The van der Waals surface area contributed by atoms with Gasteiger partial charge in [-0.05, 0) is 32.1 Å². The van der Waals surface area contributed by atoms with E-state index in [1.54, 1.807) is 28.7 Å². The van der Waals surface area contributed by atoms with E-state index >= 15 is 0 Å². The van der Waals surface area contributed by atoms with Crippen LogP contribution >= 0.6 is 0 Å². The molecule has 152 valence electrons. The first kappa shape index (κ1) is 20.1. The van der Waals surface area contributed by atoms with Gasteiger partial charge < -0.3 is 15.0 Å². The number of rotatable bonds is 7. The second-order valence-corrected chi connectivity index (χ2v) is 7.26. The molecule has 0 spiro atoms. The predicted octanol–water partition coefficient (Wildman–Crippen LogP) is 1.10. The highest BCUT2D eigenvalue weighted by Gasteiger charge is 2.28. The molecule has 0 atom stereocenters. The molecule has 0 bridgehead atoms. The van der Waals surface area contributed by atoms with Crippen molar-refractivity contribution in [1.29, 1.82) is 0 Å². The lowest BCUT2D eigenvalue weighted by molar-refractivity contribution is 0.0634. The Labute approximate surface area is 164 Å². The zero-order valence-electron chi connectivity index (χ0n) is 16.6. The molecule has 8 heteroatoms. The minimum atomic E-state index is -0.448. The Balaban J connectivity index is 1.71. The van der Waals surface area contributed by atoms with Gasteiger partial charge in [0.1, 0.15) is 17.9 Å². The summed E-state index contributed by atoms with van der Waals surface area (Å²) in [5.41, 5.74) is 1.22. The van der Waals surface area contributed by atoms with Gasteiger partial charge in [-0.15, -0.1) is 0 Å². The molecule has 0 saturated heterocycles. The van der Waals surface area contributed by atoms with Gasteiger partial charge >= 0.3 is 0 Å². The number of ether oxygens (including phenoxy) is 1. The summed E-state index contributed by atoms with van der Waals surface area (Å²) in [4.78, 5) is 39.2. The van der Waals surface area contributed by atoms with E-state index in [1.165, 1.54) is 30.7 Å². The van der Waals surface area contributed by atoms with E-state index in [1.807, 2.05) is 0 Å². The Hall–Kier alpha value is -2.61. The second kappa shape index (κ2) is 9.05. The minimum Gasteiger partial charge on any atom is -0.383 e. The van der Waals surface area contributed by atoms with Gasteiger partial charge in [-0.25, -0.2) is 0 Å². The Morgan fingerprint density at radius 1 is 1.29 bits per heavy atom. The lowest BCUT2D eigenvalue weighted by atomic mass is 9.97. The number of hydrogen-bond acceptors (Lipinski definition) is 5. The van der Waals surface area contributed by atoms with Crippen LogP contribution in [-0.2, 0) is 4.74 Å². The van der Waals surface area contributed by atoms with E-state index in [-0.39, 0.29) is 17.2 Å². The average Bonchev–Trinajstić information content (AvgIpc) is 2.70. The van der Waals surface area contributed by atoms with Crippen LogP contribution in [0.15, 0.2) is 28.7 Å². The quantitative estimate of drug-likeness (QED) is 0.707. The average molecular weight is 388 g/mol. The van der Waals surface area contributed by atoms with Crippen molar-refractivity contribution < 1.29 is 14.3 Å². The standard InChI is InChI=1S/C20H28N4O4/c1-22-14-23(10-11-28-2)20(27)17-12-18(25)16(13-24(17)22)19(26)21-9-8-15-6-4-3-5-7-15/h6,12-13H,3-5,7-11,14H2,1-2H3,(H,21,26). The second-order valence-electron chi connectivity index (χ2n) is 7.26. The summed E-state index contributed by atoms with van der Waals surface area (Å²) in [6, 6.07) is 1.25. The van der Waals surface area contributed by atoms with Crippen LogP contribution in [0.4, 0.5) is 0 Å². The van der Waals surface area contributed by atoms with Crippen LogP contribution in [0.1, 0.15) is 53.0 Å². The topological polar surface area (TPSA) is 83.9 Å². The Kier molecular flexibility index (Phi) is 6.51. The molecule has 0 radical (unpaired) electrons. The van der Waals surface area contributed by atoms with E-state index in [0.717, 1.165) is 19.3 Å². The number of aromatic nitrogens is 1. The maximum absolute atomic E-state index is 12.6. The SMILES string of the molecule is COCCN1CN(C)n2cc(C(=O)NCCC3=CCCCC3)c(=O)cc2C1=O. The summed E-state index contributed by atoms with van der Waals surface area (Å²) >= 11 is 0. The molecule has 0 aromatic carbocycles. The van der Waals surface area contributed by atoms with Crippen LogP contribution < -0.4 is 15.8 Å². The third-order valence-corrected chi connectivity index (χ3v) is 5.21. The fourth-order valence-electron chi connectivity index (χ4n) is 3.61. The molecule has 1 aromatic rings. The third kappa shape index (κ3) is 4.44. The predicted molar refractivity (Wildman–Crippen MR) is 106 cm³/mol. The Morgan fingerprint density at radius 2 is 2.11 bits per heavy atom. The van der Waals surface area contributed by atoms with Crippen LogP contribution in [0, 0.1) is 0 Å². The molecule has 2 heterocycles. The number of carbonyl (C=O) groups excluding carboxylic acids is 2. The first-order valence-electron chi connectivity index (χ1n) is 9.73. The number of pyridine rings is 1. The van der Waals surface area contributed by atoms with E-state index in [9.17, 15) is 14.4 Å². The molecule has 0 saturated carbocycles.